The molecule has 1 rings (SSSR count). The molecule has 0 radical (unpaired) electrons. The van der Waals surface area contributed by atoms with Gasteiger partial charge in [-0.15, -0.1) is 12.4 Å². The van der Waals surface area contributed by atoms with Crippen molar-refractivity contribution in [1.82, 2.24) is 10.6 Å². The van der Waals surface area contributed by atoms with Gasteiger partial charge in [-0.2, -0.15) is 0 Å². The van der Waals surface area contributed by atoms with E-state index in [2.05, 4.69) is 33.5 Å². The van der Waals surface area contributed by atoms with E-state index in [1.807, 2.05) is 0 Å². The third-order valence-electron chi connectivity index (χ3n) is 2.20. The van der Waals surface area contributed by atoms with Crippen molar-refractivity contribution in [2.75, 3.05) is 19.6 Å². The summed E-state index contributed by atoms with van der Waals surface area (Å²) in [5.74, 6) is -0.0994. The molecular formula is C12H17BrCl2N2O. The molecule has 1 amide bonds. The third kappa shape index (κ3) is 6.05. The lowest BCUT2D eigenvalue weighted by atomic mass is 10.2. The van der Waals surface area contributed by atoms with Crippen molar-refractivity contribution >= 4 is 45.8 Å². The Balaban J connectivity index is 0.00000289. The van der Waals surface area contributed by atoms with Gasteiger partial charge in [0.25, 0.3) is 5.91 Å². The molecule has 6 heteroatoms. The molecule has 0 heterocycles. The summed E-state index contributed by atoms with van der Waals surface area (Å²) in [5.41, 5.74) is 0.577. The molecular weight excluding hydrogens is 339 g/mol. The van der Waals surface area contributed by atoms with Crippen molar-refractivity contribution in [2.45, 2.75) is 13.3 Å². The number of rotatable bonds is 6. The number of halogens is 3. The van der Waals surface area contributed by atoms with Crippen LogP contribution in [0.4, 0.5) is 0 Å². The number of hydrogen-bond acceptors (Lipinski definition) is 2. The van der Waals surface area contributed by atoms with Gasteiger partial charge in [0.15, 0.2) is 0 Å². The molecule has 2 N–H and O–H groups in total. The smallest absolute Gasteiger partial charge is 0.251 e. The van der Waals surface area contributed by atoms with E-state index < -0.39 is 0 Å². The van der Waals surface area contributed by atoms with Gasteiger partial charge >= 0.3 is 0 Å². The number of hydrogen-bond donors (Lipinski definition) is 2. The Kier molecular flexibility index (Phi) is 9.46. The summed E-state index contributed by atoms with van der Waals surface area (Å²) in [6.07, 6.45) is 1.09. The normalized spacial score (nSPS) is 9.72. The van der Waals surface area contributed by atoms with Crippen LogP contribution in [-0.4, -0.2) is 25.5 Å². The van der Waals surface area contributed by atoms with Crippen LogP contribution < -0.4 is 10.6 Å². The summed E-state index contributed by atoms with van der Waals surface area (Å²) in [7, 11) is 0. The highest BCUT2D eigenvalue weighted by molar-refractivity contribution is 9.10. The second-order valence-electron chi connectivity index (χ2n) is 3.63. The fraction of sp³-hybridized carbons (Fsp3) is 0.417. The Morgan fingerprint density at radius 1 is 1.33 bits per heavy atom. The van der Waals surface area contributed by atoms with E-state index in [0.717, 1.165) is 24.0 Å². The summed E-state index contributed by atoms with van der Waals surface area (Å²) in [5, 5.41) is 6.59. The van der Waals surface area contributed by atoms with E-state index in [1.54, 1.807) is 18.2 Å². The van der Waals surface area contributed by atoms with Crippen molar-refractivity contribution < 1.29 is 4.79 Å². The zero-order valence-corrected chi connectivity index (χ0v) is 13.3. The van der Waals surface area contributed by atoms with Crippen LogP contribution in [0.1, 0.15) is 23.7 Å². The van der Waals surface area contributed by atoms with Crippen LogP contribution in [0.3, 0.4) is 0 Å². The number of nitrogens with one attached hydrogen (secondary N) is 2. The van der Waals surface area contributed by atoms with Crippen LogP contribution in [-0.2, 0) is 0 Å². The Labute approximate surface area is 127 Å². The monoisotopic (exact) mass is 354 g/mol. The van der Waals surface area contributed by atoms with Crippen LogP contribution in [0.25, 0.3) is 0 Å². The largest absolute Gasteiger partial charge is 0.351 e. The van der Waals surface area contributed by atoms with Gasteiger partial charge in [0.1, 0.15) is 0 Å². The Morgan fingerprint density at radius 2 is 2.06 bits per heavy atom. The van der Waals surface area contributed by atoms with Crippen molar-refractivity contribution in [3.8, 4) is 0 Å². The van der Waals surface area contributed by atoms with Crippen LogP contribution in [0.15, 0.2) is 22.7 Å². The first kappa shape index (κ1) is 17.7. The van der Waals surface area contributed by atoms with Crippen LogP contribution in [0.2, 0.25) is 5.02 Å². The second-order valence-corrected chi connectivity index (χ2v) is 4.90. The van der Waals surface area contributed by atoms with Gasteiger partial charge in [-0.3, -0.25) is 4.79 Å². The van der Waals surface area contributed by atoms with Crippen LogP contribution >= 0.6 is 39.9 Å². The van der Waals surface area contributed by atoms with Gasteiger partial charge in [0.2, 0.25) is 0 Å². The lowest BCUT2D eigenvalue weighted by Gasteiger charge is -2.06. The van der Waals surface area contributed by atoms with Gasteiger partial charge < -0.3 is 10.6 Å². The Morgan fingerprint density at radius 3 is 2.67 bits per heavy atom. The molecule has 0 fully saturated rings. The molecule has 0 aliphatic carbocycles. The molecule has 1 aromatic rings. The summed E-state index contributed by atoms with van der Waals surface area (Å²) >= 11 is 9.21. The number of carbonyl (C=O) groups is 1. The molecule has 3 nitrogen and oxygen atoms in total. The molecule has 0 bridgehead atoms. The van der Waals surface area contributed by atoms with Gasteiger partial charge in [0, 0.05) is 23.1 Å². The molecule has 102 valence electrons. The fourth-order valence-corrected chi connectivity index (χ4v) is 1.73. The van der Waals surface area contributed by atoms with Crippen LogP contribution in [0.5, 0.6) is 0 Å². The second kappa shape index (κ2) is 9.62. The predicted octanol–water partition coefficient (Wildman–Crippen LogP) is 3.25. The highest BCUT2D eigenvalue weighted by atomic mass is 79.9. The molecule has 0 aromatic heterocycles. The number of benzene rings is 1. The van der Waals surface area contributed by atoms with Gasteiger partial charge in [-0.05, 0) is 47.1 Å². The Hall–Kier alpha value is -0.290. The number of amides is 1. The lowest BCUT2D eigenvalue weighted by Crippen LogP contribution is -2.32. The van der Waals surface area contributed by atoms with E-state index in [0.29, 0.717) is 17.1 Å². The molecule has 1 aromatic carbocycles. The molecule has 0 aliphatic heterocycles. The minimum Gasteiger partial charge on any atom is -0.351 e. The van der Waals surface area contributed by atoms with Gasteiger partial charge in [0.05, 0.1) is 5.02 Å². The maximum atomic E-state index is 11.7. The molecule has 0 atom stereocenters. The van der Waals surface area contributed by atoms with E-state index in [1.165, 1.54) is 0 Å². The average Bonchev–Trinajstić information content (AvgIpc) is 2.32. The minimum absolute atomic E-state index is 0. The lowest BCUT2D eigenvalue weighted by molar-refractivity contribution is 0.0954. The Bertz CT molecular complexity index is 388. The molecule has 0 saturated carbocycles. The first-order chi connectivity index (χ1) is 8.15. The highest BCUT2D eigenvalue weighted by Crippen LogP contribution is 2.22. The van der Waals surface area contributed by atoms with Crippen molar-refractivity contribution in [3.05, 3.63) is 33.3 Å². The third-order valence-corrected chi connectivity index (χ3v) is 3.43. The average molecular weight is 356 g/mol. The topological polar surface area (TPSA) is 41.1 Å². The zero-order valence-electron chi connectivity index (χ0n) is 10.1. The molecule has 0 spiro atoms. The minimum atomic E-state index is -0.0994. The standard InChI is InChI=1S/C12H16BrClN2O.ClH/c1-2-5-15-6-7-16-12(17)9-3-4-10(13)11(14)8-9;/h3-4,8,15H,2,5-7H2,1H3,(H,16,17);1H. The van der Waals surface area contributed by atoms with Gasteiger partial charge in [-0.1, -0.05) is 18.5 Å². The summed E-state index contributed by atoms with van der Waals surface area (Å²) < 4.78 is 0.792. The van der Waals surface area contributed by atoms with E-state index in [-0.39, 0.29) is 18.3 Å². The van der Waals surface area contributed by atoms with Crippen molar-refractivity contribution in [3.63, 3.8) is 0 Å². The predicted molar refractivity (Wildman–Crippen MR) is 81.9 cm³/mol. The summed E-state index contributed by atoms with van der Waals surface area (Å²) in [6, 6.07) is 5.16. The maximum absolute atomic E-state index is 11.7. The number of carbonyl (C=O) groups excluding carboxylic acids is 1. The van der Waals surface area contributed by atoms with E-state index >= 15 is 0 Å². The first-order valence-corrected chi connectivity index (χ1v) is 6.76. The van der Waals surface area contributed by atoms with E-state index in [4.69, 9.17) is 11.6 Å². The molecule has 18 heavy (non-hydrogen) atoms. The summed E-state index contributed by atoms with van der Waals surface area (Å²) in [6.45, 7) is 4.48. The molecule has 0 aliphatic rings. The maximum Gasteiger partial charge on any atom is 0.251 e. The fourth-order valence-electron chi connectivity index (χ4n) is 1.31. The van der Waals surface area contributed by atoms with Crippen molar-refractivity contribution in [1.29, 1.82) is 0 Å². The first-order valence-electron chi connectivity index (χ1n) is 5.59. The van der Waals surface area contributed by atoms with Gasteiger partial charge in [-0.25, -0.2) is 0 Å². The molecule has 0 unspecified atom stereocenters. The van der Waals surface area contributed by atoms with Crippen LogP contribution in [0, 0.1) is 0 Å². The SMILES string of the molecule is CCCNCCNC(=O)c1ccc(Br)c(Cl)c1.Cl. The molecule has 0 saturated heterocycles. The highest BCUT2D eigenvalue weighted by Gasteiger charge is 2.06. The quantitative estimate of drug-likeness (QED) is 0.769. The zero-order chi connectivity index (χ0) is 12.7. The van der Waals surface area contributed by atoms with E-state index in [9.17, 15) is 4.79 Å². The summed E-state index contributed by atoms with van der Waals surface area (Å²) in [4.78, 5) is 11.7. The van der Waals surface area contributed by atoms with Crippen molar-refractivity contribution in [2.24, 2.45) is 0 Å².